The van der Waals surface area contributed by atoms with Crippen LogP contribution in [-0.4, -0.2) is 32.3 Å². The van der Waals surface area contributed by atoms with E-state index in [9.17, 15) is 4.39 Å². The number of hydrogen-bond donors (Lipinski definition) is 1. The maximum Gasteiger partial charge on any atom is 0.150 e. The molecule has 0 unspecified atom stereocenters. The topological polar surface area (TPSA) is 38.5 Å². The van der Waals surface area contributed by atoms with Gasteiger partial charge in [-0.05, 0) is 50.0 Å². The first-order valence-corrected chi connectivity index (χ1v) is 8.36. The van der Waals surface area contributed by atoms with Gasteiger partial charge < -0.3 is 15.4 Å². The molecular weight excluding hydrogens is 323 g/mol. The molecule has 0 saturated heterocycles. The molecule has 0 aliphatic carbocycles. The van der Waals surface area contributed by atoms with Gasteiger partial charge in [-0.1, -0.05) is 35.7 Å². The first kappa shape index (κ1) is 18.2. The summed E-state index contributed by atoms with van der Waals surface area (Å²) in [4.78, 5) is 4.25. The van der Waals surface area contributed by atoms with Gasteiger partial charge in [0, 0.05) is 22.0 Å². The number of anilines is 1. The van der Waals surface area contributed by atoms with E-state index in [2.05, 4.69) is 16.7 Å². The van der Waals surface area contributed by atoms with Crippen molar-refractivity contribution in [2.24, 2.45) is 0 Å². The molecule has 0 amide bonds. The molecule has 24 heavy (non-hydrogen) atoms. The summed E-state index contributed by atoms with van der Waals surface area (Å²) in [6.07, 6.45) is 0. The number of nitrogens with zero attached hydrogens (tertiary/aromatic N) is 1. The van der Waals surface area contributed by atoms with Crippen LogP contribution in [-0.2, 0) is 6.54 Å². The minimum absolute atomic E-state index is 0.184. The molecule has 0 aliphatic rings. The van der Waals surface area contributed by atoms with Gasteiger partial charge in [-0.2, -0.15) is 0 Å². The number of para-hydroxylation sites is 1. The third kappa shape index (κ3) is 5.48. The minimum Gasteiger partial charge on any atom is -0.481 e. The van der Waals surface area contributed by atoms with Gasteiger partial charge in [0.05, 0.1) is 0 Å². The first-order chi connectivity index (χ1) is 11.6. The molecule has 0 spiro atoms. The molecule has 2 rings (SSSR count). The standard InChI is InChI=1S/C19H21FN2OS/c1-22(2)14-15-13-16(23-12-6-5-11-20)9-10-18(15)24-19-8-4-3-7-17(19)21/h3-4,7-10,13H,11-12,14,21H2,1-2H3. The first-order valence-electron chi connectivity index (χ1n) is 7.54. The average molecular weight is 344 g/mol. The second-order valence-corrected chi connectivity index (χ2v) is 6.51. The number of halogens is 1. The Morgan fingerprint density at radius 1 is 1.12 bits per heavy atom. The Morgan fingerprint density at radius 2 is 1.92 bits per heavy atom. The molecule has 5 heteroatoms. The third-order valence-corrected chi connectivity index (χ3v) is 4.37. The van der Waals surface area contributed by atoms with E-state index in [1.54, 1.807) is 11.8 Å². The fourth-order valence-corrected chi connectivity index (χ4v) is 3.08. The van der Waals surface area contributed by atoms with Gasteiger partial charge in [0.15, 0.2) is 0 Å². The predicted molar refractivity (Wildman–Crippen MR) is 98.1 cm³/mol. The molecule has 3 nitrogen and oxygen atoms in total. The molecule has 0 fully saturated rings. The van der Waals surface area contributed by atoms with Crippen molar-refractivity contribution in [3.63, 3.8) is 0 Å². The predicted octanol–water partition coefficient (Wildman–Crippen LogP) is 3.83. The van der Waals surface area contributed by atoms with Crippen molar-refractivity contribution < 1.29 is 9.13 Å². The molecule has 0 aromatic heterocycles. The van der Waals surface area contributed by atoms with E-state index in [4.69, 9.17) is 10.5 Å². The molecule has 0 heterocycles. The molecule has 2 aromatic carbocycles. The van der Waals surface area contributed by atoms with Crippen LogP contribution in [0.4, 0.5) is 10.1 Å². The lowest BCUT2D eigenvalue weighted by Gasteiger charge is -2.16. The third-order valence-electron chi connectivity index (χ3n) is 3.16. The summed E-state index contributed by atoms with van der Waals surface area (Å²) in [7, 11) is 4.04. The Labute approximate surface area is 147 Å². The molecule has 2 aromatic rings. The van der Waals surface area contributed by atoms with Crippen molar-refractivity contribution in [3.8, 4) is 17.6 Å². The van der Waals surface area contributed by atoms with Gasteiger partial charge in [-0.3, -0.25) is 0 Å². The number of nitrogen functional groups attached to an aromatic ring is 1. The van der Waals surface area contributed by atoms with E-state index in [1.165, 1.54) is 0 Å². The van der Waals surface area contributed by atoms with Gasteiger partial charge >= 0.3 is 0 Å². The summed E-state index contributed by atoms with van der Waals surface area (Å²) in [5, 5.41) is 0. The van der Waals surface area contributed by atoms with Crippen LogP contribution < -0.4 is 10.5 Å². The smallest absolute Gasteiger partial charge is 0.150 e. The number of alkyl halides is 1. The highest BCUT2D eigenvalue weighted by molar-refractivity contribution is 7.99. The molecule has 0 aliphatic heterocycles. The van der Waals surface area contributed by atoms with Crippen LogP contribution in [0.5, 0.6) is 5.75 Å². The number of benzene rings is 2. The lowest BCUT2D eigenvalue weighted by Crippen LogP contribution is -2.11. The second kappa shape index (κ2) is 9.21. The largest absolute Gasteiger partial charge is 0.481 e. The van der Waals surface area contributed by atoms with Crippen molar-refractivity contribution in [3.05, 3.63) is 48.0 Å². The van der Waals surface area contributed by atoms with Crippen LogP contribution in [0.3, 0.4) is 0 Å². The molecule has 0 atom stereocenters. The van der Waals surface area contributed by atoms with Crippen molar-refractivity contribution >= 4 is 17.4 Å². The van der Waals surface area contributed by atoms with E-state index in [0.29, 0.717) is 0 Å². The van der Waals surface area contributed by atoms with Crippen LogP contribution >= 0.6 is 11.8 Å². The summed E-state index contributed by atoms with van der Waals surface area (Å²) in [5.74, 6) is 5.70. The maximum atomic E-state index is 12.0. The summed E-state index contributed by atoms with van der Waals surface area (Å²) < 4.78 is 17.5. The summed E-state index contributed by atoms with van der Waals surface area (Å²) in [6.45, 7) is 0.315. The Kier molecular flexibility index (Phi) is 6.98. The maximum absolute atomic E-state index is 12.0. The Hall–Kier alpha value is -2.16. The molecule has 0 saturated carbocycles. The summed E-state index contributed by atoms with van der Waals surface area (Å²) in [5.41, 5.74) is 7.95. The highest BCUT2D eigenvalue weighted by atomic mass is 32.2. The van der Waals surface area contributed by atoms with E-state index in [0.717, 1.165) is 33.3 Å². The molecule has 0 bridgehead atoms. The van der Waals surface area contributed by atoms with Gasteiger partial charge in [0.25, 0.3) is 0 Å². The van der Waals surface area contributed by atoms with E-state index < -0.39 is 6.67 Å². The average Bonchev–Trinajstić information content (AvgIpc) is 2.55. The van der Waals surface area contributed by atoms with E-state index in [-0.39, 0.29) is 6.61 Å². The highest BCUT2D eigenvalue weighted by Gasteiger charge is 2.09. The molecule has 2 N–H and O–H groups in total. The van der Waals surface area contributed by atoms with Crippen LogP contribution in [0.25, 0.3) is 0 Å². The second-order valence-electron chi connectivity index (χ2n) is 5.42. The van der Waals surface area contributed by atoms with Crippen molar-refractivity contribution in [2.75, 3.05) is 33.1 Å². The summed E-state index contributed by atoms with van der Waals surface area (Å²) >= 11 is 1.64. The zero-order valence-electron chi connectivity index (χ0n) is 13.9. The van der Waals surface area contributed by atoms with E-state index >= 15 is 0 Å². The van der Waals surface area contributed by atoms with Gasteiger partial charge in [-0.25, -0.2) is 4.39 Å². The lowest BCUT2D eigenvalue weighted by molar-refractivity contribution is 0.365. The highest BCUT2D eigenvalue weighted by Crippen LogP contribution is 2.35. The molecule has 126 valence electrons. The summed E-state index contributed by atoms with van der Waals surface area (Å²) in [6, 6.07) is 13.7. The Balaban J connectivity index is 2.21. The Bertz CT molecular complexity index is 738. The molecular formula is C19H21FN2OS. The number of nitrogens with two attached hydrogens (primary N) is 1. The molecule has 0 radical (unpaired) electrons. The van der Waals surface area contributed by atoms with Crippen molar-refractivity contribution in [1.29, 1.82) is 0 Å². The van der Waals surface area contributed by atoms with Gasteiger partial charge in [0.1, 0.15) is 19.0 Å². The number of rotatable bonds is 6. The van der Waals surface area contributed by atoms with Gasteiger partial charge in [0.2, 0.25) is 0 Å². The quantitative estimate of drug-likeness (QED) is 0.638. The lowest BCUT2D eigenvalue weighted by atomic mass is 10.2. The van der Waals surface area contributed by atoms with E-state index in [1.807, 2.05) is 56.6 Å². The van der Waals surface area contributed by atoms with Crippen LogP contribution in [0.1, 0.15) is 5.56 Å². The Morgan fingerprint density at radius 3 is 2.62 bits per heavy atom. The zero-order valence-corrected chi connectivity index (χ0v) is 14.7. The van der Waals surface area contributed by atoms with Crippen LogP contribution in [0.15, 0.2) is 52.3 Å². The van der Waals surface area contributed by atoms with Crippen molar-refractivity contribution in [2.45, 2.75) is 16.3 Å². The normalized spacial score (nSPS) is 10.3. The monoisotopic (exact) mass is 344 g/mol. The van der Waals surface area contributed by atoms with Crippen LogP contribution in [0, 0.1) is 11.8 Å². The van der Waals surface area contributed by atoms with Crippen LogP contribution in [0.2, 0.25) is 0 Å². The number of ether oxygens (including phenoxy) is 1. The van der Waals surface area contributed by atoms with Gasteiger partial charge in [-0.15, -0.1) is 0 Å². The fraction of sp³-hybridized carbons (Fsp3) is 0.263. The minimum atomic E-state index is -0.649. The SMILES string of the molecule is CN(C)Cc1cc(OCC#CCF)ccc1Sc1ccccc1N. The zero-order chi connectivity index (χ0) is 17.4. The van der Waals surface area contributed by atoms with Crippen molar-refractivity contribution in [1.82, 2.24) is 4.90 Å². The number of hydrogen-bond acceptors (Lipinski definition) is 4. The fourth-order valence-electron chi connectivity index (χ4n) is 2.12.